The Bertz CT molecular complexity index is 1920. The molecule has 1 saturated heterocycles. The lowest BCUT2D eigenvalue weighted by atomic mass is 9.94. The van der Waals surface area contributed by atoms with Crippen LogP contribution in [0.1, 0.15) is 34.6 Å². The summed E-state index contributed by atoms with van der Waals surface area (Å²) in [6, 6.07) is 23.4. The van der Waals surface area contributed by atoms with Crippen molar-refractivity contribution < 1.29 is 9.53 Å². The average Bonchev–Trinajstić information content (AvgIpc) is 3.43. The first-order chi connectivity index (χ1) is 22.1. The number of fused-ring (bicyclic) bond motifs is 2. The molecule has 1 aliphatic heterocycles. The molecule has 9 heteroatoms. The van der Waals surface area contributed by atoms with Gasteiger partial charge < -0.3 is 14.5 Å². The molecule has 0 spiro atoms. The number of pyridine rings is 1. The van der Waals surface area contributed by atoms with E-state index in [0.717, 1.165) is 65.0 Å². The molecule has 0 amide bonds. The summed E-state index contributed by atoms with van der Waals surface area (Å²) in [7, 11) is 3.02. The van der Waals surface area contributed by atoms with E-state index < -0.39 is 8.07 Å². The van der Waals surface area contributed by atoms with Gasteiger partial charge in [0.2, 0.25) is 5.78 Å². The summed E-state index contributed by atoms with van der Waals surface area (Å²) >= 11 is 0. The van der Waals surface area contributed by atoms with Gasteiger partial charge in [-0.3, -0.25) is 14.3 Å². The van der Waals surface area contributed by atoms with Crippen LogP contribution in [0.5, 0.6) is 0 Å². The standard InChI is InChI=1S/C37H42N6O2Si/c1-41(2)29-14-16-42(17-15-29)30-12-13-35-34(21-30)40-37(43(35)25-45-18-19-46(3,4)5)36(44)26-10-11-27(22-38)32(20-26)33-24-39-23-28-8-6-7-9-31(28)33/h6-13,20-21,23-24,29H,14-19,25H2,1-5H3. The summed E-state index contributed by atoms with van der Waals surface area (Å²) in [4.78, 5) is 28.4. The van der Waals surface area contributed by atoms with Gasteiger partial charge in [-0.1, -0.05) is 43.9 Å². The fourth-order valence-corrected chi connectivity index (χ4v) is 7.02. The Balaban J connectivity index is 1.38. The van der Waals surface area contributed by atoms with Crippen LogP contribution in [0, 0.1) is 11.3 Å². The number of aromatic nitrogens is 3. The normalized spacial score (nSPS) is 14.3. The fourth-order valence-electron chi connectivity index (χ4n) is 6.26. The summed E-state index contributed by atoms with van der Waals surface area (Å²) in [6.45, 7) is 9.83. The van der Waals surface area contributed by atoms with E-state index in [9.17, 15) is 10.1 Å². The van der Waals surface area contributed by atoms with Crippen LogP contribution in [0.15, 0.2) is 73.1 Å². The first-order valence-corrected chi connectivity index (χ1v) is 19.7. The van der Waals surface area contributed by atoms with Crippen molar-refractivity contribution in [3.63, 3.8) is 0 Å². The van der Waals surface area contributed by atoms with E-state index in [1.54, 1.807) is 24.4 Å². The fraction of sp³-hybridized carbons (Fsp3) is 0.351. The highest BCUT2D eigenvalue weighted by atomic mass is 28.3. The quantitative estimate of drug-likeness (QED) is 0.0917. The molecule has 0 unspecified atom stereocenters. The average molecular weight is 631 g/mol. The molecule has 8 nitrogen and oxygen atoms in total. The number of nitriles is 1. The van der Waals surface area contributed by atoms with Gasteiger partial charge in [0.25, 0.3) is 0 Å². The number of hydrogen-bond donors (Lipinski definition) is 0. The lowest BCUT2D eigenvalue weighted by molar-refractivity contribution is 0.0834. The molecule has 3 aromatic carbocycles. The number of anilines is 1. The third-order valence-corrected chi connectivity index (χ3v) is 10.8. The van der Waals surface area contributed by atoms with Gasteiger partial charge in [-0.15, -0.1) is 0 Å². The van der Waals surface area contributed by atoms with Gasteiger partial charge in [0.1, 0.15) is 6.73 Å². The van der Waals surface area contributed by atoms with Crippen LogP contribution < -0.4 is 4.90 Å². The van der Waals surface area contributed by atoms with Crippen molar-refractivity contribution in [2.45, 2.75) is 51.3 Å². The molecule has 236 valence electrons. The Hall–Kier alpha value is -4.36. The second-order valence-electron chi connectivity index (χ2n) is 13.7. The Morgan fingerprint density at radius 3 is 2.54 bits per heavy atom. The molecule has 5 aromatic rings. The van der Waals surface area contributed by atoms with E-state index in [2.05, 4.69) is 72.8 Å². The molecule has 0 saturated carbocycles. The van der Waals surface area contributed by atoms with Gasteiger partial charge in [-0.25, -0.2) is 4.98 Å². The second-order valence-corrected chi connectivity index (χ2v) is 19.3. The number of imidazole rings is 1. The Labute approximate surface area is 272 Å². The highest BCUT2D eigenvalue weighted by Gasteiger charge is 2.24. The van der Waals surface area contributed by atoms with Crippen molar-refractivity contribution in [1.82, 2.24) is 19.4 Å². The van der Waals surface area contributed by atoms with Crippen molar-refractivity contribution >= 4 is 41.4 Å². The van der Waals surface area contributed by atoms with Gasteiger partial charge in [0.15, 0.2) is 5.82 Å². The van der Waals surface area contributed by atoms with Gasteiger partial charge in [-0.05, 0) is 74.8 Å². The third kappa shape index (κ3) is 6.61. The van der Waals surface area contributed by atoms with Crippen molar-refractivity contribution in [1.29, 1.82) is 5.26 Å². The van der Waals surface area contributed by atoms with Crippen molar-refractivity contribution in [3.05, 3.63) is 90.0 Å². The highest BCUT2D eigenvalue weighted by Crippen LogP contribution is 2.32. The van der Waals surface area contributed by atoms with E-state index in [-0.39, 0.29) is 12.5 Å². The molecular weight excluding hydrogens is 589 g/mol. The van der Waals surface area contributed by atoms with Crippen molar-refractivity contribution in [3.8, 4) is 17.2 Å². The Morgan fingerprint density at radius 2 is 1.80 bits per heavy atom. The van der Waals surface area contributed by atoms with Gasteiger partial charge in [-0.2, -0.15) is 5.26 Å². The predicted octanol–water partition coefficient (Wildman–Crippen LogP) is 7.20. The number of rotatable bonds is 10. The maximum absolute atomic E-state index is 14.3. The molecule has 2 aromatic heterocycles. The van der Waals surface area contributed by atoms with Crippen LogP contribution in [0.25, 0.3) is 32.9 Å². The first kappa shape index (κ1) is 31.6. The number of carbonyl (C=O) groups excluding carboxylic acids is 1. The monoisotopic (exact) mass is 630 g/mol. The molecule has 46 heavy (non-hydrogen) atoms. The molecule has 0 N–H and O–H groups in total. The number of ether oxygens (including phenoxy) is 1. The zero-order valence-corrected chi connectivity index (χ0v) is 28.5. The van der Waals surface area contributed by atoms with E-state index in [1.807, 2.05) is 35.0 Å². The highest BCUT2D eigenvalue weighted by molar-refractivity contribution is 6.76. The smallest absolute Gasteiger partial charge is 0.228 e. The van der Waals surface area contributed by atoms with Crippen molar-refractivity contribution in [2.75, 3.05) is 38.7 Å². The second kappa shape index (κ2) is 13.2. The molecule has 0 atom stereocenters. The van der Waals surface area contributed by atoms with Crippen LogP contribution in [-0.2, 0) is 11.5 Å². The van der Waals surface area contributed by atoms with Crippen LogP contribution >= 0.6 is 0 Å². The molecule has 0 bridgehead atoms. The number of carbonyl (C=O) groups is 1. The minimum atomic E-state index is -1.28. The number of nitrogens with zero attached hydrogens (tertiary/aromatic N) is 6. The van der Waals surface area contributed by atoms with Crippen LogP contribution in [-0.4, -0.2) is 73.1 Å². The molecule has 0 aliphatic carbocycles. The maximum Gasteiger partial charge on any atom is 0.228 e. The molecular formula is C37H42N6O2Si. The van der Waals surface area contributed by atoms with E-state index >= 15 is 0 Å². The van der Waals surface area contributed by atoms with Crippen LogP contribution in [0.3, 0.4) is 0 Å². The Kier molecular flexibility index (Phi) is 9.05. The van der Waals surface area contributed by atoms with Gasteiger partial charge in [0.05, 0.1) is 22.7 Å². The maximum atomic E-state index is 14.3. The first-order valence-electron chi connectivity index (χ1n) is 16.0. The SMILES string of the molecule is CN(C)C1CCN(c2ccc3c(c2)nc(C(=O)c2ccc(C#N)c(-c4cncc5ccccc45)c2)n3COCC[Si](C)(C)C)CC1. The number of piperidine rings is 1. The summed E-state index contributed by atoms with van der Waals surface area (Å²) in [5.41, 5.74) is 5.21. The zero-order valence-electron chi connectivity index (χ0n) is 27.5. The third-order valence-electron chi connectivity index (χ3n) is 9.07. The lowest BCUT2D eigenvalue weighted by Crippen LogP contribution is -2.41. The van der Waals surface area contributed by atoms with Gasteiger partial charge in [0, 0.05) is 74.0 Å². The minimum absolute atomic E-state index is 0.211. The Morgan fingerprint density at radius 1 is 1.02 bits per heavy atom. The minimum Gasteiger partial charge on any atom is -0.371 e. The molecule has 0 radical (unpaired) electrons. The van der Waals surface area contributed by atoms with Crippen LogP contribution in [0.2, 0.25) is 25.7 Å². The molecule has 6 rings (SSSR count). The number of benzene rings is 3. The van der Waals surface area contributed by atoms with E-state index in [4.69, 9.17) is 9.72 Å². The molecule has 3 heterocycles. The number of ketones is 1. The zero-order chi connectivity index (χ0) is 32.4. The summed E-state index contributed by atoms with van der Waals surface area (Å²) in [5, 5.41) is 11.9. The molecule has 1 fully saturated rings. The molecule has 1 aliphatic rings. The van der Waals surface area contributed by atoms with E-state index in [1.165, 1.54) is 0 Å². The topological polar surface area (TPSA) is 87.3 Å². The van der Waals surface area contributed by atoms with Crippen molar-refractivity contribution in [2.24, 2.45) is 0 Å². The number of hydrogen-bond acceptors (Lipinski definition) is 7. The van der Waals surface area contributed by atoms with E-state index in [0.29, 0.717) is 35.2 Å². The summed E-state index contributed by atoms with van der Waals surface area (Å²) in [6.07, 6.45) is 5.79. The van der Waals surface area contributed by atoms with Crippen LogP contribution in [0.4, 0.5) is 5.69 Å². The summed E-state index contributed by atoms with van der Waals surface area (Å²) < 4.78 is 8.09. The summed E-state index contributed by atoms with van der Waals surface area (Å²) in [5.74, 6) is 0.121. The van der Waals surface area contributed by atoms with Gasteiger partial charge >= 0.3 is 0 Å². The largest absolute Gasteiger partial charge is 0.371 e. The lowest BCUT2D eigenvalue weighted by Gasteiger charge is -2.36. The predicted molar refractivity (Wildman–Crippen MR) is 188 cm³/mol.